The molecular weight excluding hydrogens is 486 g/mol. The molecule has 3 aromatic carbocycles. The van der Waals surface area contributed by atoms with Crippen LogP contribution < -0.4 is 20.3 Å². The van der Waals surface area contributed by atoms with Crippen molar-refractivity contribution in [2.45, 2.75) is 18.2 Å². The fourth-order valence-electron chi connectivity index (χ4n) is 3.56. The summed E-state index contributed by atoms with van der Waals surface area (Å²) in [7, 11) is 3.14. The Hall–Kier alpha value is -3.49. The molecule has 0 saturated carbocycles. The van der Waals surface area contributed by atoms with Gasteiger partial charge in [0.25, 0.3) is 5.56 Å². The Balaban J connectivity index is 1.52. The maximum atomic E-state index is 13.3. The number of nitrogens with zero attached hydrogens (tertiary/aromatic N) is 2. The van der Waals surface area contributed by atoms with Gasteiger partial charge < -0.3 is 14.8 Å². The van der Waals surface area contributed by atoms with Crippen LogP contribution in [-0.4, -0.2) is 35.4 Å². The summed E-state index contributed by atoms with van der Waals surface area (Å²) in [5.74, 6) is 1.13. The molecule has 4 rings (SSSR count). The second-order valence-electron chi connectivity index (χ2n) is 7.69. The Labute approximate surface area is 212 Å². The minimum absolute atomic E-state index is 0.0978. The lowest BCUT2D eigenvalue weighted by Crippen LogP contribution is -2.27. The van der Waals surface area contributed by atoms with E-state index in [2.05, 4.69) is 10.3 Å². The molecule has 4 aromatic rings. The van der Waals surface area contributed by atoms with Gasteiger partial charge >= 0.3 is 0 Å². The molecule has 0 fully saturated rings. The quantitative estimate of drug-likeness (QED) is 0.264. The van der Waals surface area contributed by atoms with E-state index < -0.39 is 0 Å². The summed E-state index contributed by atoms with van der Waals surface area (Å²) in [6.07, 6.45) is 0. The van der Waals surface area contributed by atoms with E-state index in [4.69, 9.17) is 21.1 Å². The molecule has 0 aliphatic carbocycles. The molecule has 1 aromatic heterocycles. The molecule has 0 aliphatic heterocycles. The van der Waals surface area contributed by atoms with Gasteiger partial charge in [-0.3, -0.25) is 14.2 Å². The first-order chi connectivity index (χ1) is 17.0. The highest BCUT2D eigenvalue weighted by atomic mass is 35.5. The lowest BCUT2D eigenvalue weighted by molar-refractivity contribution is -0.118. The molecule has 7 nitrogen and oxygen atoms in total. The summed E-state index contributed by atoms with van der Waals surface area (Å²) >= 11 is 7.33. The molecule has 0 radical (unpaired) electrons. The molecule has 0 bridgehead atoms. The number of ether oxygens (including phenoxy) is 2. The number of hydrogen-bond acceptors (Lipinski definition) is 6. The van der Waals surface area contributed by atoms with Gasteiger partial charge in [-0.25, -0.2) is 4.98 Å². The van der Waals surface area contributed by atoms with Gasteiger partial charge in [-0.05, 0) is 41.5 Å². The van der Waals surface area contributed by atoms with Crippen LogP contribution in [0.5, 0.6) is 11.5 Å². The van der Waals surface area contributed by atoms with Crippen molar-refractivity contribution >= 4 is 40.2 Å². The van der Waals surface area contributed by atoms with Crippen LogP contribution in [0.15, 0.2) is 76.7 Å². The second-order valence-corrected chi connectivity index (χ2v) is 9.07. The van der Waals surface area contributed by atoms with Gasteiger partial charge in [0.2, 0.25) is 5.91 Å². The minimum atomic E-state index is -0.184. The van der Waals surface area contributed by atoms with Gasteiger partial charge in [0.15, 0.2) is 16.7 Å². The van der Waals surface area contributed by atoms with E-state index >= 15 is 0 Å². The highest BCUT2D eigenvalue weighted by Gasteiger charge is 2.15. The zero-order valence-corrected chi connectivity index (χ0v) is 20.9. The number of amides is 1. The van der Waals surface area contributed by atoms with Crippen LogP contribution in [0.1, 0.15) is 11.1 Å². The topological polar surface area (TPSA) is 82.5 Å². The lowest BCUT2D eigenvalue weighted by atomic mass is 10.2. The molecule has 180 valence electrons. The number of aromatic nitrogens is 2. The minimum Gasteiger partial charge on any atom is -0.493 e. The fourth-order valence-corrected chi connectivity index (χ4v) is 4.56. The first kappa shape index (κ1) is 24.6. The Morgan fingerprint density at radius 1 is 1.00 bits per heavy atom. The van der Waals surface area contributed by atoms with Crippen molar-refractivity contribution in [3.63, 3.8) is 0 Å². The number of nitrogens with one attached hydrogen (secondary N) is 1. The zero-order valence-electron chi connectivity index (χ0n) is 19.3. The molecule has 0 aliphatic rings. The summed E-state index contributed by atoms with van der Waals surface area (Å²) in [6.45, 7) is 0.679. The molecule has 1 amide bonds. The third-order valence-corrected chi connectivity index (χ3v) is 6.55. The maximum absolute atomic E-state index is 13.3. The third kappa shape index (κ3) is 5.96. The largest absolute Gasteiger partial charge is 0.493 e. The van der Waals surface area contributed by atoms with E-state index in [1.807, 2.05) is 42.5 Å². The van der Waals surface area contributed by atoms with Crippen LogP contribution in [0, 0.1) is 0 Å². The summed E-state index contributed by atoms with van der Waals surface area (Å²) in [5, 5.41) is 4.32. The standard InChI is InChI=1S/C26H24ClN3O4S/c1-33-22-11-8-18(12-23(22)34-2)14-28-24(31)16-35-26-29-21-13-19(27)9-10-20(21)25(32)30(26)15-17-6-4-3-5-7-17/h3-13H,14-16H2,1-2H3,(H,28,31). The van der Waals surface area contributed by atoms with Gasteiger partial charge in [0, 0.05) is 11.6 Å². The zero-order chi connectivity index (χ0) is 24.8. The van der Waals surface area contributed by atoms with E-state index in [9.17, 15) is 9.59 Å². The molecule has 35 heavy (non-hydrogen) atoms. The monoisotopic (exact) mass is 509 g/mol. The number of carbonyl (C=O) groups excluding carboxylic acids is 1. The van der Waals surface area contributed by atoms with Gasteiger partial charge in [0.05, 0.1) is 37.4 Å². The summed E-state index contributed by atoms with van der Waals surface area (Å²) < 4.78 is 12.2. The molecule has 0 spiro atoms. The number of hydrogen-bond donors (Lipinski definition) is 1. The average molecular weight is 510 g/mol. The van der Waals surface area contributed by atoms with Crippen LogP contribution in [0.3, 0.4) is 0 Å². The van der Waals surface area contributed by atoms with E-state index in [0.29, 0.717) is 45.7 Å². The molecule has 0 unspecified atom stereocenters. The van der Waals surface area contributed by atoms with Crippen molar-refractivity contribution < 1.29 is 14.3 Å². The van der Waals surface area contributed by atoms with Crippen LogP contribution in [0.25, 0.3) is 10.9 Å². The first-order valence-electron chi connectivity index (χ1n) is 10.8. The highest BCUT2D eigenvalue weighted by Crippen LogP contribution is 2.27. The van der Waals surface area contributed by atoms with Crippen molar-refractivity contribution in [2.75, 3.05) is 20.0 Å². The first-order valence-corrected chi connectivity index (χ1v) is 12.2. The van der Waals surface area contributed by atoms with Crippen molar-refractivity contribution in [1.29, 1.82) is 0 Å². The Bertz CT molecular complexity index is 1410. The fraction of sp³-hybridized carbons (Fsp3) is 0.192. The van der Waals surface area contributed by atoms with E-state index in [1.54, 1.807) is 43.1 Å². The van der Waals surface area contributed by atoms with Gasteiger partial charge in [-0.1, -0.05) is 59.8 Å². The molecular formula is C26H24ClN3O4S. The molecule has 1 N–H and O–H groups in total. The third-order valence-electron chi connectivity index (χ3n) is 5.34. The van der Waals surface area contributed by atoms with Crippen molar-refractivity contribution in [2.24, 2.45) is 0 Å². The van der Waals surface area contributed by atoms with Crippen LogP contribution in [0.4, 0.5) is 0 Å². The van der Waals surface area contributed by atoms with Crippen molar-refractivity contribution in [1.82, 2.24) is 14.9 Å². The number of rotatable bonds is 9. The summed E-state index contributed by atoms with van der Waals surface area (Å²) in [4.78, 5) is 30.5. The van der Waals surface area contributed by atoms with E-state index in [-0.39, 0.29) is 17.2 Å². The number of benzene rings is 3. The predicted octanol–water partition coefficient (Wildman–Crippen LogP) is 4.52. The summed E-state index contributed by atoms with van der Waals surface area (Å²) in [6, 6.07) is 20.1. The van der Waals surface area contributed by atoms with Gasteiger partial charge in [-0.15, -0.1) is 0 Å². The average Bonchev–Trinajstić information content (AvgIpc) is 2.88. The van der Waals surface area contributed by atoms with E-state index in [1.165, 1.54) is 11.8 Å². The number of thioether (sulfide) groups is 1. The number of carbonyl (C=O) groups is 1. The second kappa shape index (κ2) is 11.3. The van der Waals surface area contributed by atoms with Crippen molar-refractivity contribution in [3.05, 3.63) is 93.2 Å². The maximum Gasteiger partial charge on any atom is 0.262 e. The Morgan fingerprint density at radius 3 is 2.51 bits per heavy atom. The molecule has 9 heteroatoms. The van der Waals surface area contributed by atoms with Crippen molar-refractivity contribution in [3.8, 4) is 11.5 Å². The normalized spacial score (nSPS) is 10.8. The van der Waals surface area contributed by atoms with Gasteiger partial charge in [-0.2, -0.15) is 0 Å². The highest BCUT2D eigenvalue weighted by molar-refractivity contribution is 7.99. The van der Waals surface area contributed by atoms with E-state index in [0.717, 1.165) is 11.1 Å². The Morgan fingerprint density at radius 2 is 1.77 bits per heavy atom. The molecule has 0 atom stereocenters. The van der Waals surface area contributed by atoms with Gasteiger partial charge in [0.1, 0.15) is 0 Å². The van der Waals surface area contributed by atoms with Crippen LogP contribution >= 0.6 is 23.4 Å². The number of fused-ring (bicyclic) bond motifs is 1. The SMILES string of the molecule is COc1ccc(CNC(=O)CSc2nc3cc(Cl)ccc3c(=O)n2Cc2ccccc2)cc1OC. The molecule has 1 heterocycles. The predicted molar refractivity (Wildman–Crippen MR) is 139 cm³/mol. The van der Waals surface area contributed by atoms with Crippen LogP contribution in [-0.2, 0) is 17.9 Å². The Kier molecular flexibility index (Phi) is 7.94. The summed E-state index contributed by atoms with van der Waals surface area (Å²) in [5.41, 5.74) is 2.16. The number of halogens is 1. The lowest BCUT2D eigenvalue weighted by Gasteiger charge is -2.14. The number of methoxy groups -OCH3 is 2. The smallest absolute Gasteiger partial charge is 0.262 e. The van der Waals surface area contributed by atoms with Crippen LogP contribution in [0.2, 0.25) is 5.02 Å². The molecule has 0 saturated heterocycles.